The first-order chi connectivity index (χ1) is 14.7. The average molecular weight is 435 g/mol. The van der Waals surface area contributed by atoms with Gasteiger partial charge in [0.05, 0.1) is 13.7 Å². The van der Waals surface area contributed by atoms with Crippen molar-refractivity contribution in [3.8, 4) is 17.6 Å². The number of alkyl carbamates (subject to hydrolysis) is 1. The molecule has 2 aromatic carbocycles. The van der Waals surface area contributed by atoms with Gasteiger partial charge in [0.25, 0.3) is 5.54 Å². The predicted molar refractivity (Wildman–Crippen MR) is 105 cm³/mol. The van der Waals surface area contributed by atoms with Crippen LogP contribution < -0.4 is 10.1 Å². The lowest BCUT2D eigenvalue weighted by Crippen LogP contribution is -2.63. The van der Waals surface area contributed by atoms with Gasteiger partial charge in [0.15, 0.2) is 0 Å². The summed E-state index contributed by atoms with van der Waals surface area (Å²) in [6.45, 7) is 0.695. The second kappa shape index (κ2) is 10.4. The Kier molecular flexibility index (Phi) is 7.91. The van der Waals surface area contributed by atoms with Gasteiger partial charge in [-0.05, 0) is 42.7 Å². The molecule has 1 atom stereocenters. The molecular weight excluding hydrogens is 415 g/mol. The fraction of sp³-hybridized carbons (Fsp3) is 0.273. The Bertz CT molecular complexity index is 949. The zero-order valence-electron chi connectivity index (χ0n) is 16.8. The number of nitrogens with one attached hydrogen (secondary N) is 1. The van der Waals surface area contributed by atoms with E-state index < -0.39 is 23.8 Å². The summed E-state index contributed by atoms with van der Waals surface area (Å²) in [6.07, 6.45) is -6.76. The van der Waals surface area contributed by atoms with Gasteiger partial charge >= 0.3 is 18.2 Å². The van der Waals surface area contributed by atoms with Crippen molar-refractivity contribution in [3.63, 3.8) is 0 Å². The van der Waals surface area contributed by atoms with E-state index in [0.29, 0.717) is 11.3 Å². The molecule has 0 aliphatic carbocycles. The molecule has 1 N–H and O–H groups in total. The van der Waals surface area contributed by atoms with Crippen LogP contribution in [0.25, 0.3) is 0 Å². The molecule has 0 radical (unpaired) electrons. The number of amides is 1. The summed E-state index contributed by atoms with van der Waals surface area (Å²) in [5.74, 6) is 2.81. The molecule has 0 spiro atoms. The Morgan fingerprint density at radius 2 is 1.65 bits per heavy atom. The molecule has 0 heterocycles. The van der Waals surface area contributed by atoms with Crippen molar-refractivity contribution in [3.05, 3.63) is 65.7 Å². The summed E-state index contributed by atoms with van der Waals surface area (Å²) in [4.78, 5) is 24.5. The predicted octanol–water partition coefficient (Wildman–Crippen LogP) is 3.84. The van der Waals surface area contributed by atoms with Gasteiger partial charge in [-0.25, -0.2) is 9.59 Å². The number of ether oxygens (including phenoxy) is 3. The van der Waals surface area contributed by atoms with Gasteiger partial charge in [-0.15, -0.1) is 0 Å². The van der Waals surface area contributed by atoms with Crippen molar-refractivity contribution < 1.29 is 37.0 Å². The van der Waals surface area contributed by atoms with Crippen LogP contribution in [0.15, 0.2) is 54.6 Å². The lowest BCUT2D eigenvalue weighted by atomic mass is 9.99. The van der Waals surface area contributed by atoms with Crippen LogP contribution >= 0.6 is 0 Å². The molecule has 164 valence electrons. The van der Waals surface area contributed by atoms with Crippen molar-refractivity contribution in [2.24, 2.45) is 0 Å². The van der Waals surface area contributed by atoms with Gasteiger partial charge in [-0.1, -0.05) is 36.3 Å². The zero-order valence-corrected chi connectivity index (χ0v) is 16.8. The van der Waals surface area contributed by atoms with Gasteiger partial charge in [0.2, 0.25) is 0 Å². The smallest absolute Gasteiger partial charge is 0.434 e. The number of hydrogen-bond donors (Lipinski definition) is 1. The Hall–Kier alpha value is -3.67. The quantitative estimate of drug-likeness (QED) is 0.552. The van der Waals surface area contributed by atoms with Crippen molar-refractivity contribution in [2.75, 3.05) is 13.7 Å². The van der Waals surface area contributed by atoms with Crippen LogP contribution in [0.1, 0.15) is 18.1 Å². The van der Waals surface area contributed by atoms with E-state index >= 15 is 0 Å². The number of esters is 1. The van der Waals surface area contributed by atoms with Crippen LogP contribution in [0.5, 0.6) is 5.75 Å². The third-order valence-corrected chi connectivity index (χ3v) is 3.99. The molecule has 6 nitrogen and oxygen atoms in total. The summed E-state index contributed by atoms with van der Waals surface area (Å²) in [7, 11) is 1.43. The van der Waals surface area contributed by atoms with E-state index in [1.807, 2.05) is 5.92 Å². The fourth-order valence-electron chi connectivity index (χ4n) is 2.38. The molecular formula is C22H20F3NO5. The molecule has 2 aromatic rings. The second-order valence-corrected chi connectivity index (χ2v) is 6.13. The summed E-state index contributed by atoms with van der Waals surface area (Å²) in [6, 6.07) is 14.1. The number of alkyl halides is 3. The molecule has 0 fully saturated rings. The van der Waals surface area contributed by atoms with Crippen LogP contribution in [-0.2, 0) is 20.9 Å². The molecule has 1 unspecified atom stereocenters. The van der Waals surface area contributed by atoms with Gasteiger partial charge < -0.3 is 14.2 Å². The first-order valence-corrected chi connectivity index (χ1v) is 9.12. The summed E-state index contributed by atoms with van der Waals surface area (Å²) < 4.78 is 56.4. The summed E-state index contributed by atoms with van der Waals surface area (Å²) >= 11 is 0. The molecule has 0 saturated carbocycles. The van der Waals surface area contributed by atoms with Crippen LogP contribution in [0, 0.1) is 11.8 Å². The minimum absolute atomic E-state index is 0.165. The van der Waals surface area contributed by atoms with Gasteiger partial charge in [0, 0.05) is 5.56 Å². The Morgan fingerprint density at radius 3 is 2.19 bits per heavy atom. The highest BCUT2D eigenvalue weighted by Crippen LogP contribution is 2.32. The minimum atomic E-state index is -5.29. The lowest BCUT2D eigenvalue weighted by Gasteiger charge is -2.29. The molecule has 2 rings (SSSR count). The largest absolute Gasteiger partial charge is 0.497 e. The number of methoxy groups -OCH3 is 1. The van der Waals surface area contributed by atoms with E-state index in [2.05, 4.69) is 10.7 Å². The molecule has 31 heavy (non-hydrogen) atoms. The highest BCUT2D eigenvalue weighted by Gasteiger charge is 2.63. The molecule has 0 saturated heterocycles. The summed E-state index contributed by atoms with van der Waals surface area (Å²) in [5, 5.41) is 1.56. The Balaban J connectivity index is 2.35. The Morgan fingerprint density at radius 1 is 1.00 bits per heavy atom. The fourth-order valence-corrected chi connectivity index (χ4v) is 2.38. The number of carbonyl (C=O) groups is 2. The summed E-state index contributed by atoms with van der Waals surface area (Å²) in [5.41, 5.74) is -2.90. The molecule has 9 heteroatoms. The first kappa shape index (κ1) is 23.6. The molecule has 0 aromatic heterocycles. The maximum atomic E-state index is 14.0. The van der Waals surface area contributed by atoms with E-state index in [1.54, 1.807) is 35.6 Å². The van der Waals surface area contributed by atoms with E-state index in [-0.39, 0.29) is 18.8 Å². The van der Waals surface area contributed by atoms with E-state index in [1.165, 1.54) is 38.3 Å². The monoisotopic (exact) mass is 435 g/mol. The molecule has 0 aliphatic heterocycles. The standard InChI is InChI=1S/C22H20F3NO5/c1-3-30-19(27)21(22(23,24)25,14-13-16-9-11-18(29-2)12-10-16)26-20(28)31-15-17-7-5-4-6-8-17/h4-12H,3,15H2,1-2H3,(H,26,28). The molecule has 0 aliphatic rings. The van der Waals surface area contributed by atoms with E-state index in [4.69, 9.17) is 9.47 Å². The van der Waals surface area contributed by atoms with E-state index in [9.17, 15) is 22.8 Å². The maximum Gasteiger partial charge on any atom is 0.434 e. The van der Waals surface area contributed by atoms with Crippen molar-refractivity contribution in [1.82, 2.24) is 5.32 Å². The van der Waals surface area contributed by atoms with Crippen molar-refractivity contribution in [2.45, 2.75) is 25.2 Å². The lowest BCUT2D eigenvalue weighted by molar-refractivity contribution is -0.198. The van der Waals surface area contributed by atoms with Gasteiger partial charge in [0.1, 0.15) is 12.4 Å². The number of hydrogen-bond acceptors (Lipinski definition) is 5. The van der Waals surface area contributed by atoms with E-state index in [0.717, 1.165) is 0 Å². The number of rotatable bonds is 6. The zero-order chi connectivity index (χ0) is 22.9. The third kappa shape index (κ3) is 6.15. The van der Waals surface area contributed by atoms with Crippen molar-refractivity contribution in [1.29, 1.82) is 0 Å². The SMILES string of the molecule is CCOC(=O)C(C#Cc1ccc(OC)cc1)(NC(=O)OCc1ccccc1)C(F)(F)F. The van der Waals surface area contributed by atoms with Crippen molar-refractivity contribution >= 4 is 12.1 Å². The van der Waals surface area contributed by atoms with Gasteiger partial charge in [-0.2, -0.15) is 13.2 Å². The highest BCUT2D eigenvalue weighted by molar-refractivity contribution is 5.91. The minimum Gasteiger partial charge on any atom is -0.497 e. The normalized spacial score (nSPS) is 12.5. The van der Waals surface area contributed by atoms with Crippen LogP contribution in [0.3, 0.4) is 0 Å². The first-order valence-electron chi connectivity index (χ1n) is 9.12. The average Bonchev–Trinajstić information content (AvgIpc) is 2.75. The topological polar surface area (TPSA) is 73.9 Å². The molecule has 1 amide bonds. The highest BCUT2D eigenvalue weighted by atomic mass is 19.4. The van der Waals surface area contributed by atoms with Crippen LogP contribution in [0.4, 0.5) is 18.0 Å². The van der Waals surface area contributed by atoms with Gasteiger partial charge in [-0.3, -0.25) is 5.32 Å². The number of carbonyl (C=O) groups excluding carboxylic acids is 2. The number of halogens is 3. The number of benzene rings is 2. The maximum absolute atomic E-state index is 14.0. The second-order valence-electron chi connectivity index (χ2n) is 6.13. The molecule has 0 bridgehead atoms. The third-order valence-electron chi connectivity index (χ3n) is 3.99. The Labute approximate surface area is 177 Å². The van der Waals surface area contributed by atoms with Crippen LogP contribution in [-0.4, -0.2) is 37.5 Å². The van der Waals surface area contributed by atoms with Crippen LogP contribution in [0.2, 0.25) is 0 Å².